The molecule has 0 aliphatic heterocycles. The quantitative estimate of drug-likeness (QED) is 0.438. The lowest BCUT2D eigenvalue weighted by molar-refractivity contribution is -0.137. The molecule has 0 saturated carbocycles. The summed E-state index contributed by atoms with van der Waals surface area (Å²) >= 11 is 0. The summed E-state index contributed by atoms with van der Waals surface area (Å²) in [5, 5.41) is 3.31. The molecule has 7 heteroatoms. The Bertz CT molecular complexity index is 1120. The van der Waals surface area contributed by atoms with Crippen LogP contribution in [0.3, 0.4) is 0 Å². The van der Waals surface area contributed by atoms with Gasteiger partial charge in [0.2, 0.25) is 11.8 Å². The Labute approximate surface area is 180 Å². The highest BCUT2D eigenvalue weighted by Crippen LogP contribution is 2.23. The predicted molar refractivity (Wildman–Crippen MR) is 117 cm³/mol. The predicted octanol–water partition coefficient (Wildman–Crippen LogP) is 5.41. The second-order valence-electron chi connectivity index (χ2n) is 7.75. The van der Waals surface area contributed by atoms with Crippen LogP contribution >= 0.6 is 0 Å². The van der Waals surface area contributed by atoms with E-state index in [1.807, 2.05) is 48.5 Å². The first-order valence-corrected chi connectivity index (χ1v) is 9.72. The number of carbonyl (C=O) groups is 2. The molecule has 0 saturated heterocycles. The number of alkyl carbamates (subject to hydrolysis) is 1. The van der Waals surface area contributed by atoms with Gasteiger partial charge in [-0.1, -0.05) is 24.3 Å². The Kier molecular flexibility index (Phi) is 6.55. The lowest BCUT2D eigenvalue weighted by atomic mass is 10.1. The number of fused-ring (bicyclic) bond motifs is 1. The smallest absolute Gasteiger partial charge is 0.414 e. The molecule has 2 aromatic carbocycles. The average Bonchev–Trinajstić information content (AvgIpc) is 2.67. The molecular weight excluding hydrogens is 396 g/mol. The maximum atomic E-state index is 12.1. The Morgan fingerprint density at radius 2 is 1.74 bits per heavy atom. The molecule has 0 atom stereocenters. The highest BCUT2D eigenvalue weighted by molar-refractivity contribution is 5.82. The van der Waals surface area contributed by atoms with Gasteiger partial charge >= 0.3 is 12.1 Å². The number of pyridine rings is 1. The number of nitrogens with one attached hydrogen (secondary N) is 1. The summed E-state index contributed by atoms with van der Waals surface area (Å²) in [6, 6.07) is 18.5. The van der Waals surface area contributed by atoms with Gasteiger partial charge in [-0.2, -0.15) is 0 Å². The minimum atomic E-state index is -0.717. The fourth-order valence-corrected chi connectivity index (χ4v) is 2.68. The van der Waals surface area contributed by atoms with Crippen LogP contribution in [0, 0.1) is 0 Å². The lowest BCUT2D eigenvalue weighted by Crippen LogP contribution is -2.33. The zero-order valence-electron chi connectivity index (χ0n) is 17.8. The second kappa shape index (κ2) is 9.30. The number of ether oxygens (including phenoxy) is 3. The molecule has 1 N–H and O–H groups in total. The maximum Gasteiger partial charge on any atom is 0.414 e. The number of hydrogen-bond donors (Lipinski definition) is 1. The van der Waals surface area contributed by atoms with Gasteiger partial charge in [-0.25, -0.2) is 9.78 Å². The maximum absolute atomic E-state index is 12.1. The van der Waals surface area contributed by atoms with Crippen LogP contribution in [0.2, 0.25) is 0 Å². The molecule has 0 aliphatic rings. The summed E-state index contributed by atoms with van der Waals surface area (Å²) < 4.78 is 16.1. The van der Waals surface area contributed by atoms with Gasteiger partial charge in [0, 0.05) is 24.5 Å². The average molecular weight is 420 g/mol. The van der Waals surface area contributed by atoms with Crippen LogP contribution in [0.5, 0.6) is 11.6 Å². The SMILES string of the molecule is CC(=O)OC(=Cc1ccc2nc(Oc3ccccc3)ccc2c1)NC(=O)OC(C)(C)C. The summed E-state index contributed by atoms with van der Waals surface area (Å²) in [4.78, 5) is 28.0. The number of nitrogens with zero attached hydrogens (tertiary/aromatic N) is 1. The van der Waals surface area contributed by atoms with Crippen molar-refractivity contribution in [3.05, 3.63) is 72.1 Å². The molecule has 0 fully saturated rings. The number of benzene rings is 2. The zero-order chi connectivity index (χ0) is 22.4. The monoisotopic (exact) mass is 420 g/mol. The summed E-state index contributed by atoms with van der Waals surface area (Å²) in [6.45, 7) is 6.49. The first-order chi connectivity index (χ1) is 14.7. The third kappa shape index (κ3) is 6.85. The van der Waals surface area contributed by atoms with E-state index in [4.69, 9.17) is 14.2 Å². The van der Waals surface area contributed by atoms with Crippen LogP contribution in [0.15, 0.2) is 66.5 Å². The van der Waals surface area contributed by atoms with E-state index in [2.05, 4.69) is 10.3 Å². The Morgan fingerprint density at radius 3 is 2.42 bits per heavy atom. The van der Waals surface area contributed by atoms with Gasteiger partial charge in [-0.15, -0.1) is 0 Å². The van der Waals surface area contributed by atoms with E-state index < -0.39 is 17.7 Å². The summed E-state index contributed by atoms with van der Waals surface area (Å²) in [5.74, 6) is 0.591. The lowest BCUT2D eigenvalue weighted by Gasteiger charge is -2.20. The fourth-order valence-electron chi connectivity index (χ4n) is 2.68. The van der Waals surface area contributed by atoms with E-state index in [1.54, 1.807) is 39.0 Å². The second-order valence-corrected chi connectivity index (χ2v) is 7.75. The van der Waals surface area contributed by atoms with E-state index in [9.17, 15) is 9.59 Å². The molecule has 160 valence electrons. The van der Waals surface area contributed by atoms with Gasteiger partial charge in [0.15, 0.2) is 0 Å². The van der Waals surface area contributed by atoms with Crippen molar-refractivity contribution in [1.82, 2.24) is 10.3 Å². The van der Waals surface area contributed by atoms with Crippen LogP contribution in [0.1, 0.15) is 33.3 Å². The van der Waals surface area contributed by atoms with Gasteiger partial charge in [0.25, 0.3) is 0 Å². The molecule has 0 bridgehead atoms. The van der Waals surface area contributed by atoms with Crippen LogP contribution in [-0.4, -0.2) is 22.6 Å². The summed E-state index contributed by atoms with van der Waals surface area (Å²) in [6.07, 6.45) is 0.823. The molecule has 3 rings (SSSR count). The van der Waals surface area contributed by atoms with E-state index in [-0.39, 0.29) is 5.88 Å². The van der Waals surface area contributed by atoms with Gasteiger partial charge < -0.3 is 14.2 Å². The Hall–Kier alpha value is -3.87. The number of hydrogen-bond acceptors (Lipinski definition) is 6. The van der Waals surface area contributed by atoms with Crippen LogP contribution < -0.4 is 10.1 Å². The van der Waals surface area contributed by atoms with Gasteiger partial charge in [-0.3, -0.25) is 10.1 Å². The number of esters is 1. The molecule has 7 nitrogen and oxygen atoms in total. The number of carbonyl (C=O) groups excluding carboxylic acids is 2. The molecule has 0 radical (unpaired) electrons. The largest absolute Gasteiger partial charge is 0.444 e. The van der Waals surface area contributed by atoms with E-state index in [1.165, 1.54) is 6.92 Å². The zero-order valence-corrected chi connectivity index (χ0v) is 17.8. The van der Waals surface area contributed by atoms with Crippen molar-refractivity contribution in [1.29, 1.82) is 0 Å². The van der Waals surface area contributed by atoms with Crippen LogP contribution in [0.25, 0.3) is 17.0 Å². The van der Waals surface area contributed by atoms with Crippen molar-refractivity contribution in [2.75, 3.05) is 0 Å². The number of amides is 1. The molecule has 31 heavy (non-hydrogen) atoms. The van der Waals surface area contributed by atoms with Crippen molar-refractivity contribution >= 4 is 29.0 Å². The fraction of sp³-hybridized carbons (Fsp3) is 0.208. The first kappa shape index (κ1) is 21.8. The molecule has 1 heterocycles. The van der Waals surface area contributed by atoms with Gasteiger partial charge in [0.1, 0.15) is 11.4 Å². The highest BCUT2D eigenvalue weighted by atomic mass is 16.6. The van der Waals surface area contributed by atoms with Crippen molar-refractivity contribution in [2.24, 2.45) is 0 Å². The van der Waals surface area contributed by atoms with Crippen molar-refractivity contribution < 1.29 is 23.8 Å². The topological polar surface area (TPSA) is 86.8 Å². The standard InChI is InChI=1S/C24H24N2O5/c1-16(27)29-22(26-23(28)31-24(2,3)4)15-17-10-12-20-18(14-17)11-13-21(25-20)30-19-8-6-5-7-9-19/h5-15H,1-4H3,(H,26,28). The number of aromatic nitrogens is 1. The van der Waals surface area contributed by atoms with Gasteiger partial charge in [0.05, 0.1) is 5.52 Å². The van der Waals surface area contributed by atoms with Crippen molar-refractivity contribution in [2.45, 2.75) is 33.3 Å². The number of para-hydroxylation sites is 1. The summed E-state index contributed by atoms with van der Waals surface area (Å²) in [7, 11) is 0. The van der Waals surface area contributed by atoms with Crippen molar-refractivity contribution in [3.63, 3.8) is 0 Å². The Balaban J connectivity index is 1.82. The van der Waals surface area contributed by atoms with E-state index in [0.717, 1.165) is 10.9 Å². The molecule has 0 unspecified atom stereocenters. The molecular formula is C24H24N2O5. The molecule has 1 amide bonds. The van der Waals surface area contributed by atoms with E-state index in [0.29, 0.717) is 17.2 Å². The Morgan fingerprint density at radius 1 is 1.00 bits per heavy atom. The van der Waals surface area contributed by atoms with Crippen molar-refractivity contribution in [3.8, 4) is 11.6 Å². The minimum absolute atomic E-state index is 0.0295. The first-order valence-electron chi connectivity index (χ1n) is 9.72. The third-order valence-corrected chi connectivity index (χ3v) is 3.83. The molecule has 3 aromatic rings. The van der Waals surface area contributed by atoms with Crippen LogP contribution in [0.4, 0.5) is 4.79 Å². The molecule has 1 aromatic heterocycles. The summed E-state index contributed by atoms with van der Waals surface area (Å²) in [5.41, 5.74) is 0.762. The normalized spacial score (nSPS) is 11.7. The third-order valence-electron chi connectivity index (χ3n) is 3.83. The number of rotatable bonds is 5. The minimum Gasteiger partial charge on any atom is -0.444 e. The van der Waals surface area contributed by atoms with E-state index >= 15 is 0 Å². The molecule has 0 spiro atoms. The highest BCUT2D eigenvalue weighted by Gasteiger charge is 2.18. The van der Waals surface area contributed by atoms with Gasteiger partial charge in [-0.05, 0) is 56.7 Å². The van der Waals surface area contributed by atoms with Crippen LogP contribution in [-0.2, 0) is 14.3 Å². The molecule has 0 aliphatic carbocycles.